The normalized spacial score (nSPS) is 10.3. The smallest absolute Gasteiger partial charge is 0.241 e. The Hall–Kier alpha value is -1.35. The number of rotatable bonds is 3. The zero-order valence-electron chi connectivity index (χ0n) is 8.82. The molecule has 0 saturated carbocycles. The first-order valence-corrected chi connectivity index (χ1v) is 4.63. The second-order valence-corrected chi connectivity index (χ2v) is 3.17. The third-order valence-corrected chi connectivity index (χ3v) is 1.87. The number of hydrazine groups is 1. The average Bonchev–Trinajstić information content (AvgIpc) is 2.19. The van der Waals surface area contributed by atoms with Crippen LogP contribution in [-0.2, 0) is 4.79 Å². The molecule has 0 spiro atoms. The number of anilines is 1. The van der Waals surface area contributed by atoms with Gasteiger partial charge in [0.1, 0.15) is 0 Å². The van der Waals surface area contributed by atoms with Crippen molar-refractivity contribution in [1.82, 2.24) is 5.01 Å². The van der Waals surface area contributed by atoms with Crippen LogP contribution in [0.5, 0.6) is 0 Å². The highest BCUT2D eigenvalue weighted by Crippen LogP contribution is 2.14. The lowest BCUT2D eigenvalue weighted by Crippen LogP contribution is -2.41. The molecule has 0 heterocycles. The lowest BCUT2D eigenvalue weighted by molar-refractivity contribution is -0.120. The van der Waals surface area contributed by atoms with Crippen LogP contribution in [0, 0.1) is 6.07 Å². The minimum absolute atomic E-state index is 0.0783. The van der Waals surface area contributed by atoms with Crippen LogP contribution >= 0.6 is 0 Å². The zero-order chi connectivity index (χ0) is 10.6. The monoisotopic (exact) mass is 191 g/mol. The van der Waals surface area contributed by atoms with Crippen molar-refractivity contribution in [3.8, 4) is 0 Å². The fraction of sp³-hybridized carbons (Fsp3) is 0.364. The van der Waals surface area contributed by atoms with E-state index in [1.165, 1.54) is 0 Å². The molecule has 0 bridgehead atoms. The number of carbonyl (C=O) groups is 1. The Kier molecular flexibility index (Phi) is 3.65. The highest BCUT2D eigenvalue weighted by molar-refractivity contribution is 5.92. The lowest BCUT2D eigenvalue weighted by Gasteiger charge is -2.28. The van der Waals surface area contributed by atoms with Gasteiger partial charge in [-0.3, -0.25) is 4.79 Å². The van der Waals surface area contributed by atoms with Crippen molar-refractivity contribution in [2.24, 2.45) is 0 Å². The van der Waals surface area contributed by atoms with Gasteiger partial charge in [0.15, 0.2) is 0 Å². The summed E-state index contributed by atoms with van der Waals surface area (Å²) in [7, 11) is 3.70. The minimum atomic E-state index is 0.0783. The lowest BCUT2D eigenvalue weighted by atomic mass is 10.3. The molecule has 0 atom stereocenters. The summed E-state index contributed by atoms with van der Waals surface area (Å²) in [6.45, 7) is 1.85. The fourth-order valence-electron chi connectivity index (χ4n) is 1.26. The van der Waals surface area contributed by atoms with E-state index < -0.39 is 0 Å². The highest BCUT2D eigenvalue weighted by atomic mass is 16.2. The molecule has 0 aliphatic carbocycles. The zero-order valence-corrected chi connectivity index (χ0v) is 8.82. The van der Waals surface area contributed by atoms with Gasteiger partial charge >= 0.3 is 0 Å². The molecule has 0 N–H and O–H groups in total. The van der Waals surface area contributed by atoms with E-state index in [1.54, 1.807) is 16.1 Å². The number of amides is 1. The van der Waals surface area contributed by atoms with Gasteiger partial charge in [0, 0.05) is 20.5 Å². The minimum Gasteiger partial charge on any atom is -0.273 e. The molecule has 3 nitrogen and oxygen atoms in total. The summed E-state index contributed by atoms with van der Waals surface area (Å²) in [5.41, 5.74) is 0.851. The molecule has 0 fully saturated rings. The number of benzene rings is 1. The van der Waals surface area contributed by atoms with Gasteiger partial charge in [0.2, 0.25) is 5.91 Å². The maximum absolute atomic E-state index is 11.6. The maximum atomic E-state index is 11.6. The first-order chi connectivity index (χ1) is 6.66. The average molecular weight is 191 g/mol. The largest absolute Gasteiger partial charge is 0.273 e. The molecule has 1 amide bonds. The summed E-state index contributed by atoms with van der Waals surface area (Å²) in [5.74, 6) is 0.0783. The number of nitrogens with zero attached hydrogens (tertiary/aromatic N) is 2. The number of hydrogen-bond donors (Lipinski definition) is 0. The highest BCUT2D eigenvalue weighted by Gasteiger charge is 2.15. The van der Waals surface area contributed by atoms with Crippen LogP contribution in [0.3, 0.4) is 0 Å². The summed E-state index contributed by atoms with van der Waals surface area (Å²) >= 11 is 0. The van der Waals surface area contributed by atoms with Crippen LogP contribution in [0.15, 0.2) is 24.3 Å². The summed E-state index contributed by atoms with van der Waals surface area (Å²) in [6, 6.07) is 10.3. The van der Waals surface area contributed by atoms with Gasteiger partial charge in [-0.15, -0.1) is 0 Å². The van der Waals surface area contributed by atoms with E-state index in [0.29, 0.717) is 6.42 Å². The van der Waals surface area contributed by atoms with E-state index in [-0.39, 0.29) is 5.91 Å². The molecule has 1 aromatic carbocycles. The molecule has 3 heteroatoms. The molecule has 0 unspecified atom stereocenters. The molecule has 0 saturated heterocycles. The molecule has 0 aliphatic heterocycles. The number of hydrogen-bond acceptors (Lipinski definition) is 2. The Morgan fingerprint density at radius 1 is 1.50 bits per heavy atom. The van der Waals surface area contributed by atoms with Gasteiger partial charge in [-0.1, -0.05) is 19.1 Å². The first kappa shape index (κ1) is 10.7. The van der Waals surface area contributed by atoms with Crippen molar-refractivity contribution in [1.29, 1.82) is 0 Å². The topological polar surface area (TPSA) is 23.6 Å². The van der Waals surface area contributed by atoms with E-state index in [9.17, 15) is 4.79 Å². The Balaban J connectivity index is 2.95. The molecule has 1 rings (SSSR count). The Labute approximate surface area is 84.9 Å². The fourth-order valence-corrected chi connectivity index (χ4v) is 1.26. The molecule has 0 aromatic heterocycles. The Bertz CT molecular complexity index is 295. The molecule has 14 heavy (non-hydrogen) atoms. The third kappa shape index (κ3) is 2.33. The van der Waals surface area contributed by atoms with Crippen LogP contribution in [0.2, 0.25) is 0 Å². The summed E-state index contributed by atoms with van der Waals surface area (Å²) in [6.07, 6.45) is 0.493. The van der Waals surface area contributed by atoms with Gasteiger partial charge in [-0.2, -0.15) is 0 Å². The third-order valence-electron chi connectivity index (χ3n) is 1.87. The number of carbonyl (C=O) groups excluding carboxylic acids is 1. The van der Waals surface area contributed by atoms with Crippen LogP contribution in [0.25, 0.3) is 0 Å². The standard InChI is InChI=1S/C11H15N2O/c1-4-11(14)13(12(2)3)10-8-6-5-7-9-10/h5-6,8-9H,4H2,1-3H3. The molecular formula is C11H15N2O. The van der Waals surface area contributed by atoms with Crippen molar-refractivity contribution in [2.45, 2.75) is 13.3 Å². The predicted molar refractivity (Wildman–Crippen MR) is 56.7 cm³/mol. The molecule has 0 aliphatic rings. The quantitative estimate of drug-likeness (QED) is 0.679. The van der Waals surface area contributed by atoms with Crippen molar-refractivity contribution in [3.05, 3.63) is 30.3 Å². The van der Waals surface area contributed by atoms with Crippen molar-refractivity contribution in [3.63, 3.8) is 0 Å². The second-order valence-electron chi connectivity index (χ2n) is 3.17. The Morgan fingerprint density at radius 3 is 2.64 bits per heavy atom. The van der Waals surface area contributed by atoms with Crippen LogP contribution < -0.4 is 5.01 Å². The van der Waals surface area contributed by atoms with Gasteiger partial charge < -0.3 is 0 Å². The maximum Gasteiger partial charge on any atom is 0.241 e. The van der Waals surface area contributed by atoms with Crippen LogP contribution in [-0.4, -0.2) is 25.0 Å². The van der Waals surface area contributed by atoms with Crippen LogP contribution in [0.1, 0.15) is 13.3 Å². The van der Waals surface area contributed by atoms with E-state index in [2.05, 4.69) is 6.07 Å². The molecule has 75 valence electrons. The van der Waals surface area contributed by atoms with Gasteiger partial charge in [-0.25, -0.2) is 10.0 Å². The van der Waals surface area contributed by atoms with Crippen molar-refractivity contribution >= 4 is 11.6 Å². The summed E-state index contributed by atoms with van der Waals surface area (Å²) in [5, 5.41) is 3.41. The van der Waals surface area contributed by atoms with E-state index in [1.807, 2.05) is 39.2 Å². The van der Waals surface area contributed by atoms with E-state index in [0.717, 1.165) is 5.69 Å². The first-order valence-electron chi connectivity index (χ1n) is 4.63. The van der Waals surface area contributed by atoms with E-state index in [4.69, 9.17) is 0 Å². The van der Waals surface area contributed by atoms with E-state index >= 15 is 0 Å². The summed E-state index contributed by atoms with van der Waals surface area (Å²) < 4.78 is 0. The van der Waals surface area contributed by atoms with Gasteiger partial charge in [-0.05, 0) is 18.2 Å². The predicted octanol–water partition coefficient (Wildman–Crippen LogP) is 1.71. The molecule has 1 aromatic rings. The Morgan fingerprint density at radius 2 is 2.21 bits per heavy atom. The van der Waals surface area contributed by atoms with Gasteiger partial charge in [0.25, 0.3) is 0 Å². The molecular weight excluding hydrogens is 176 g/mol. The molecule has 1 radical (unpaired) electrons. The van der Waals surface area contributed by atoms with Crippen LogP contribution in [0.4, 0.5) is 5.69 Å². The van der Waals surface area contributed by atoms with Crippen molar-refractivity contribution in [2.75, 3.05) is 19.1 Å². The van der Waals surface area contributed by atoms with Crippen molar-refractivity contribution < 1.29 is 4.79 Å². The SMILES string of the molecule is CCC(=O)N(c1c[c]ccc1)N(C)C. The van der Waals surface area contributed by atoms with Gasteiger partial charge in [0.05, 0.1) is 5.69 Å². The summed E-state index contributed by atoms with van der Waals surface area (Å²) in [4.78, 5) is 11.6. The second kappa shape index (κ2) is 4.77.